The van der Waals surface area contributed by atoms with E-state index in [9.17, 15) is 9.36 Å². The Morgan fingerprint density at radius 3 is 2.00 bits per heavy atom. The molecule has 1 N–H and O–H groups in total. The zero-order valence-electron chi connectivity index (χ0n) is 8.02. The number of aliphatic carboxylic acids is 1. The van der Waals surface area contributed by atoms with Crippen LogP contribution in [0.4, 0.5) is 0 Å². The summed E-state index contributed by atoms with van der Waals surface area (Å²) in [7, 11) is -3.47. The molecule has 0 rings (SSSR count). The molecule has 13 heavy (non-hydrogen) atoms. The largest absolute Gasteiger partial charge is 0.481 e. The first-order chi connectivity index (χ1) is 5.98. The molecule has 0 radical (unpaired) electrons. The fourth-order valence-corrected chi connectivity index (χ4v) is 2.27. The van der Waals surface area contributed by atoms with Crippen molar-refractivity contribution < 1.29 is 23.5 Å². The SMILES string of the molecule is CCOP(=O)(OCC)[C@H](C)C(=O)O. The quantitative estimate of drug-likeness (QED) is 0.676. The van der Waals surface area contributed by atoms with Crippen LogP contribution in [0.1, 0.15) is 20.8 Å². The molecule has 0 aliphatic carbocycles. The summed E-state index contributed by atoms with van der Waals surface area (Å²) in [6.45, 7) is 4.94. The van der Waals surface area contributed by atoms with E-state index in [1.54, 1.807) is 13.8 Å². The lowest BCUT2D eigenvalue weighted by molar-refractivity contribution is -0.136. The Hall–Kier alpha value is -0.380. The van der Waals surface area contributed by atoms with Crippen molar-refractivity contribution in [1.82, 2.24) is 0 Å². The summed E-state index contributed by atoms with van der Waals surface area (Å²) in [6, 6.07) is 0. The summed E-state index contributed by atoms with van der Waals surface area (Å²) in [5.74, 6) is -1.18. The Morgan fingerprint density at radius 2 is 1.77 bits per heavy atom. The van der Waals surface area contributed by atoms with Crippen molar-refractivity contribution >= 4 is 13.6 Å². The molecule has 5 nitrogen and oxygen atoms in total. The summed E-state index contributed by atoms with van der Waals surface area (Å²) < 4.78 is 21.4. The standard InChI is InChI=1S/C7H15O5P/c1-4-11-13(10,12-5-2)6(3)7(8)9/h6H,4-5H2,1-3H3,(H,8,9)/t6-/m1/s1. The van der Waals surface area contributed by atoms with Crippen LogP contribution in [0.15, 0.2) is 0 Å². The van der Waals surface area contributed by atoms with Crippen LogP contribution in [0, 0.1) is 0 Å². The molecule has 0 aromatic carbocycles. The minimum Gasteiger partial charge on any atom is -0.481 e. The Bertz CT molecular complexity index is 205. The molecule has 0 spiro atoms. The average Bonchev–Trinajstić information content (AvgIpc) is 2.03. The van der Waals surface area contributed by atoms with Crippen molar-refractivity contribution in [2.75, 3.05) is 13.2 Å². The van der Waals surface area contributed by atoms with Gasteiger partial charge in [-0.2, -0.15) is 0 Å². The van der Waals surface area contributed by atoms with Crippen molar-refractivity contribution in [3.8, 4) is 0 Å². The van der Waals surface area contributed by atoms with E-state index in [2.05, 4.69) is 0 Å². The molecule has 1 atom stereocenters. The zero-order valence-corrected chi connectivity index (χ0v) is 8.91. The van der Waals surface area contributed by atoms with Crippen molar-refractivity contribution in [2.24, 2.45) is 0 Å². The van der Waals surface area contributed by atoms with Gasteiger partial charge in [-0.25, -0.2) is 0 Å². The fraction of sp³-hybridized carbons (Fsp3) is 0.857. The average molecular weight is 210 g/mol. The van der Waals surface area contributed by atoms with E-state index in [4.69, 9.17) is 14.2 Å². The van der Waals surface area contributed by atoms with Crippen LogP contribution < -0.4 is 0 Å². The molecule has 0 bridgehead atoms. The molecule has 0 saturated carbocycles. The molecule has 78 valence electrons. The van der Waals surface area contributed by atoms with E-state index in [1.165, 1.54) is 6.92 Å². The number of hydrogen-bond donors (Lipinski definition) is 1. The first-order valence-electron chi connectivity index (χ1n) is 4.09. The number of carbonyl (C=O) groups is 1. The smallest absolute Gasteiger partial charge is 0.344 e. The predicted octanol–water partition coefficient (Wildman–Crippen LogP) is 1.73. The molecular formula is C7H15O5P. The Labute approximate surface area is 77.6 Å². The number of rotatable bonds is 6. The lowest BCUT2D eigenvalue weighted by atomic mass is 10.5. The van der Waals surface area contributed by atoms with Crippen LogP contribution in [-0.2, 0) is 18.4 Å². The van der Waals surface area contributed by atoms with Gasteiger partial charge in [-0.3, -0.25) is 9.36 Å². The Morgan fingerprint density at radius 1 is 1.38 bits per heavy atom. The van der Waals surface area contributed by atoms with E-state index in [0.29, 0.717) is 0 Å². The molecule has 6 heteroatoms. The third-order valence-electron chi connectivity index (χ3n) is 1.45. The second kappa shape index (κ2) is 5.37. The van der Waals surface area contributed by atoms with Crippen LogP contribution in [0.2, 0.25) is 0 Å². The normalized spacial score (nSPS) is 14.1. The van der Waals surface area contributed by atoms with E-state index in [1.807, 2.05) is 0 Å². The summed E-state index contributed by atoms with van der Waals surface area (Å²) in [5, 5.41) is 8.64. The summed E-state index contributed by atoms with van der Waals surface area (Å²) in [5.41, 5.74) is -1.12. The van der Waals surface area contributed by atoms with Gasteiger partial charge in [0.1, 0.15) is 0 Å². The second-order valence-electron chi connectivity index (χ2n) is 2.39. The van der Waals surface area contributed by atoms with Gasteiger partial charge in [0.2, 0.25) is 0 Å². The van der Waals surface area contributed by atoms with Crippen LogP contribution in [0.5, 0.6) is 0 Å². The van der Waals surface area contributed by atoms with Gasteiger partial charge < -0.3 is 14.2 Å². The maximum atomic E-state index is 11.7. The minimum atomic E-state index is -3.47. The van der Waals surface area contributed by atoms with Crippen molar-refractivity contribution in [1.29, 1.82) is 0 Å². The van der Waals surface area contributed by atoms with Gasteiger partial charge in [0.05, 0.1) is 13.2 Å². The van der Waals surface area contributed by atoms with Gasteiger partial charge in [0, 0.05) is 0 Å². The van der Waals surface area contributed by atoms with Gasteiger partial charge in [-0.1, -0.05) is 0 Å². The van der Waals surface area contributed by atoms with Crippen LogP contribution in [0.3, 0.4) is 0 Å². The number of carboxylic acids is 1. The number of carboxylic acid groups (broad SMARTS) is 1. The molecule has 0 saturated heterocycles. The fourth-order valence-electron chi connectivity index (χ4n) is 0.756. The van der Waals surface area contributed by atoms with Gasteiger partial charge in [0.15, 0.2) is 5.66 Å². The van der Waals surface area contributed by atoms with Crippen molar-refractivity contribution in [3.05, 3.63) is 0 Å². The second-order valence-corrected chi connectivity index (χ2v) is 4.76. The highest BCUT2D eigenvalue weighted by atomic mass is 31.2. The summed E-state index contributed by atoms with van der Waals surface area (Å²) in [6.07, 6.45) is 0. The predicted molar refractivity (Wildman–Crippen MR) is 48.0 cm³/mol. The highest BCUT2D eigenvalue weighted by Gasteiger charge is 2.37. The zero-order chi connectivity index (χ0) is 10.5. The molecule has 0 aliphatic heterocycles. The minimum absolute atomic E-state index is 0.175. The third kappa shape index (κ3) is 3.46. The molecule has 0 aromatic heterocycles. The maximum Gasteiger partial charge on any atom is 0.344 e. The molecule has 0 aliphatic rings. The van der Waals surface area contributed by atoms with Crippen LogP contribution in [0.25, 0.3) is 0 Å². The summed E-state index contributed by atoms with van der Waals surface area (Å²) in [4.78, 5) is 10.6. The first-order valence-corrected chi connectivity index (χ1v) is 5.70. The van der Waals surface area contributed by atoms with Crippen LogP contribution >= 0.6 is 7.60 Å². The van der Waals surface area contributed by atoms with Gasteiger partial charge >= 0.3 is 13.6 Å². The van der Waals surface area contributed by atoms with E-state index in [-0.39, 0.29) is 13.2 Å². The van der Waals surface area contributed by atoms with Crippen LogP contribution in [-0.4, -0.2) is 29.9 Å². The molecule has 0 aromatic rings. The Balaban J connectivity index is 4.57. The van der Waals surface area contributed by atoms with E-state index >= 15 is 0 Å². The van der Waals surface area contributed by atoms with Gasteiger partial charge in [-0.05, 0) is 20.8 Å². The molecular weight excluding hydrogens is 195 g/mol. The number of hydrogen-bond acceptors (Lipinski definition) is 4. The lowest BCUT2D eigenvalue weighted by Crippen LogP contribution is -2.19. The van der Waals surface area contributed by atoms with Gasteiger partial charge in [-0.15, -0.1) is 0 Å². The monoisotopic (exact) mass is 210 g/mol. The lowest BCUT2D eigenvalue weighted by Gasteiger charge is -2.19. The Kier molecular flexibility index (Phi) is 5.21. The van der Waals surface area contributed by atoms with E-state index in [0.717, 1.165) is 0 Å². The first kappa shape index (κ1) is 12.6. The molecule has 0 unspecified atom stereocenters. The topological polar surface area (TPSA) is 72.8 Å². The van der Waals surface area contributed by atoms with Crippen molar-refractivity contribution in [2.45, 2.75) is 26.4 Å². The highest BCUT2D eigenvalue weighted by molar-refractivity contribution is 7.55. The third-order valence-corrected chi connectivity index (χ3v) is 3.86. The molecule has 0 fully saturated rings. The van der Waals surface area contributed by atoms with Crippen molar-refractivity contribution in [3.63, 3.8) is 0 Å². The summed E-state index contributed by atoms with van der Waals surface area (Å²) >= 11 is 0. The molecule has 0 amide bonds. The molecule has 0 heterocycles. The van der Waals surface area contributed by atoms with E-state index < -0.39 is 19.2 Å². The van der Waals surface area contributed by atoms with Gasteiger partial charge in [0.25, 0.3) is 0 Å². The maximum absolute atomic E-state index is 11.7. The highest BCUT2D eigenvalue weighted by Crippen LogP contribution is 2.52.